The molecule has 150 valence electrons. The monoisotopic (exact) mass is 413 g/mol. The number of rotatable bonds is 6. The van der Waals surface area contributed by atoms with Gasteiger partial charge in [-0.2, -0.15) is 0 Å². The smallest absolute Gasteiger partial charge is 0.251 e. The molecule has 2 aliphatic carbocycles. The summed E-state index contributed by atoms with van der Waals surface area (Å²) in [6.45, 7) is 3.64. The van der Waals surface area contributed by atoms with Crippen LogP contribution in [0.2, 0.25) is 0 Å². The topological polar surface area (TPSA) is 101 Å². The molecular formula is C19H28ClN3O3S. The minimum atomic E-state index is -3.65. The van der Waals surface area contributed by atoms with Crippen LogP contribution in [0, 0.1) is 11.8 Å². The Hall–Kier alpha value is -1.41. The van der Waals surface area contributed by atoms with Crippen molar-refractivity contribution in [1.29, 1.82) is 0 Å². The molecule has 2 saturated carbocycles. The van der Waals surface area contributed by atoms with Crippen LogP contribution in [0.5, 0.6) is 0 Å². The van der Waals surface area contributed by atoms with Crippen LogP contribution in [0.25, 0.3) is 0 Å². The number of nitrogens with one attached hydrogen (secondary N) is 2. The molecule has 8 heteroatoms. The van der Waals surface area contributed by atoms with E-state index in [0.717, 1.165) is 25.7 Å². The standard InChI is InChI=1S/C19H27N3O3S.ClH/c1-2-9-21-26(24,25)17-8-4-7-15(12-17)19(23)22-18-13-5-3-6-14(18)11-16(20)10-13;/h2,4,7-8,12-14,16,18,21H,1,3,5-6,9-11,20H2,(H,22,23);1H. The first-order valence-corrected chi connectivity index (χ1v) is 10.7. The molecule has 1 aromatic carbocycles. The highest BCUT2D eigenvalue weighted by atomic mass is 35.5. The average molecular weight is 414 g/mol. The van der Waals surface area contributed by atoms with Crippen molar-refractivity contribution in [2.75, 3.05) is 6.54 Å². The van der Waals surface area contributed by atoms with Crippen LogP contribution in [0.4, 0.5) is 0 Å². The number of hydrogen-bond donors (Lipinski definition) is 3. The van der Waals surface area contributed by atoms with Crippen LogP contribution in [0.1, 0.15) is 42.5 Å². The summed E-state index contributed by atoms with van der Waals surface area (Å²) >= 11 is 0. The molecule has 4 N–H and O–H groups in total. The van der Waals surface area contributed by atoms with Gasteiger partial charge in [0.05, 0.1) is 4.90 Å². The van der Waals surface area contributed by atoms with E-state index >= 15 is 0 Å². The van der Waals surface area contributed by atoms with Crippen LogP contribution in [-0.4, -0.2) is 33.0 Å². The molecular weight excluding hydrogens is 386 g/mol. The molecule has 2 bridgehead atoms. The quantitative estimate of drug-likeness (QED) is 0.622. The number of halogens is 1. The van der Waals surface area contributed by atoms with Gasteiger partial charge in [0.2, 0.25) is 10.0 Å². The first-order valence-electron chi connectivity index (χ1n) is 9.18. The van der Waals surface area contributed by atoms with Crippen molar-refractivity contribution < 1.29 is 13.2 Å². The molecule has 0 aliphatic heterocycles. The minimum Gasteiger partial charge on any atom is -0.349 e. The number of amides is 1. The van der Waals surface area contributed by atoms with Crippen LogP contribution < -0.4 is 15.8 Å². The Bertz CT molecular complexity index is 770. The van der Waals surface area contributed by atoms with Crippen LogP contribution in [0.15, 0.2) is 41.8 Å². The predicted molar refractivity (Wildman–Crippen MR) is 108 cm³/mol. The van der Waals surface area contributed by atoms with E-state index < -0.39 is 10.0 Å². The van der Waals surface area contributed by atoms with Crippen molar-refractivity contribution in [3.8, 4) is 0 Å². The lowest BCUT2D eigenvalue weighted by Gasteiger charge is -2.45. The molecule has 0 heterocycles. The Labute approximate surface area is 167 Å². The van der Waals surface area contributed by atoms with Gasteiger partial charge in [0, 0.05) is 24.2 Å². The SMILES string of the molecule is C=CCNS(=O)(=O)c1cccc(C(=O)NC2C3CCCC2CC(N)C3)c1.Cl. The number of nitrogens with two attached hydrogens (primary N) is 1. The molecule has 27 heavy (non-hydrogen) atoms. The Kier molecular flexibility index (Phi) is 7.45. The normalized spacial score (nSPS) is 27.3. The van der Waals surface area contributed by atoms with Crippen molar-refractivity contribution in [3.05, 3.63) is 42.5 Å². The lowest BCUT2D eigenvalue weighted by molar-refractivity contribution is 0.0756. The first-order chi connectivity index (χ1) is 12.4. The minimum absolute atomic E-state index is 0. The number of carbonyl (C=O) groups excluding carboxylic acids is 1. The van der Waals surface area contributed by atoms with Crippen LogP contribution in [0.3, 0.4) is 0 Å². The summed E-state index contributed by atoms with van der Waals surface area (Å²) in [5.74, 6) is 0.619. The summed E-state index contributed by atoms with van der Waals surface area (Å²) in [6.07, 6.45) is 6.74. The van der Waals surface area contributed by atoms with E-state index in [2.05, 4.69) is 16.6 Å². The zero-order chi connectivity index (χ0) is 18.7. The Morgan fingerprint density at radius 3 is 2.56 bits per heavy atom. The second kappa shape index (κ2) is 9.19. The van der Waals surface area contributed by atoms with Gasteiger partial charge in [-0.05, 0) is 55.7 Å². The van der Waals surface area contributed by atoms with Crippen molar-refractivity contribution in [1.82, 2.24) is 10.0 Å². The fourth-order valence-electron chi connectivity index (χ4n) is 4.32. The molecule has 2 unspecified atom stereocenters. The molecule has 0 aromatic heterocycles. The third kappa shape index (κ3) is 5.10. The zero-order valence-electron chi connectivity index (χ0n) is 15.3. The van der Waals surface area contributed by atoms with Gasteiger partial charge in [0.25, 0.3) is 5.91 Å². The van der Waals surface area contributed by atoms with Crippen molar-refractivity contribution in [2.45, 2.75) is 49.1 Å². The van der Waals surface area contributed by atoms with E-state index in [4.69, 9.17) is 5.73 Å². The average Bonchev–Trinajstić information content (AvgIpc) is 2.61. The van der Waals surface area contributed by atoms with Gasteiger partial charge in [0.15, 0.2) is 0 Å². The first kappa shape index (κ1) is 21.9. The molecule has 0 radical (unpaired) electrons. The van der Waals surface area contributed by atoms with Gasteiger partial charge in [-0.15, -0.1) is 19.0 Å². The van der Waals surface area contributed by atoms with Crippen LogP contribution in [-0.2, 0) is 10.0 Å². The molecule has 2 aliphatic rings. The fraction of sp³-hybridized carbons (Fsp3) is 0.526. The highest BCUT2D eigenvalue weighted by molar-refractivity contribution is 7.89. The second-order valence-corrected chi connectivity index (χ2v) is 9.12. The van der Waals surface area contributed by atoms with Crippen molar-refractivity contribution >= 4 is 28.3 Å². The van der Waals surface area contributed by atoms with Crippen molar-refractivity contribution in [2.24, 2.45) is 17.6 Å². The Morgan fingerprint density at radius 1 is 1.26 bits per heavy atom. The molecule has 0 spiro atoms. The number of sulfonamides is 1. The third-order valence-electron chi connectivity index (χ3n) is 5.50. The van der Waals surface area contributed by atoms with Gasteiger partial charge >= 0.3 is 0 Å². The number of hydrogen-bond acceptors (Lipinski definition) is 4. The summed E-state index contributed by atoms with van der Waals surface area (Å²) in [5.41, 5.74) is 6.50. The molecule has 2 fully saturated rings. The number of carbonyl (C=O) groups is 1. The van der Waals surface area contributed by atoms with E-state index in [-0.39, 0.29) is 41.8 Å². The largest absolute Gasteiger partial charge is 0.349 e. The van der Waals surface area contributed by atoms with E-state index in [1.807, 2.05) is 0 Å². The molecule has 6 nitrogen and oxygen atoms in total. The summed E-state index contributed by atoms with van der Waals surface area (Å²) in [7, 11) is -3.65. The second-order valence-electron chi connectivity index (χ2n) is 7.35. The molecule has 2 atom stereocenters. The molecule has 1 aromatic rings. The van der Waals surface area contributed by atoms with Gasteiger partial charge < -0.3 is 11.1 Å². The van der Waals surface area contributed by atoms with E-state index in [9.17, 15) is 13.2 Å². The van der Waals surface area contributed by atoms with Gasteiger partial charge in [-0.25, -0.2) is 13.1 Å². The number of benzene rings is 1. The summed E-state index contributed by atoms with van der Waals surface area (Å²) < 4.78 is 26.9. The summed E-state index contributed by atoms with van der Waals surface area (Å²) in [4.78, 5) is 12.8. The summed E-state index contributed by atoms with van der Waals surface area (Å²) in [6, 6.07) is 6.50. The summed E-state index contributed by atoms with van der Waals surface area (Å²) in [5, 5.41) is 3.15. The highest BCUT2D eigenvalue weighted by Crippen LogP contribution is 2.39. The molecule has 3 rings (SSSR count). The third-order valence-corrected chi connectivity index (χ3v) is 6.92. The predicted octanol–water partition coefficient (Wildman–Crippen LogP) is 2.21. The maximum absolute atomic E-state index is 12.7. The van der Waals surface area contributed by atoms with Crippen LogP contribution >= 0.6 is 12.4 Å². The molecule has 0 saturated heterocycles. The zero-order valence-corrected chi connectivity index (χ0v) is 16.9. The van der Waals surface area contributed by atoms with Crippen molar-refractivity contribution in [3.63, 3.8) is 0 Å². The van der Waals surface area contributed by atoms with E-state index in [1.165, 1.54) is 24.6 Å². The van der Waals surface area contributed by atoms with Gasteiger partial charge in [0.1, 0.15) is 0 Å². The lowest BCUT2D eigenvalue weighted by Crippen LogP contribution is -2.53. The maximum atomic E-state index is 12.7. The highest BCUT2D eigenvalue weighted by Gasteiger charge is 2.40. The Morgan fingerprint density at radius 2 is 1.93 bits per heavy atom. The van der Waals surface area contributed by atoms with Gasteiger partial charge in [-0.1, -0.05) is 18.6 Å². The lowest BCUT2D eigenvalue weighted by atomic mass is 9.67. The Balaban J connectivity index is 0.00000261. The fourth-order valence-corrected chi connectivity index (χ4v) is 5.36. The van der Waals surface area contributed by atoms with E-state index in [1.54, 1.807) is 12.1 Å². The number of fused-ring (bicyclic) bond motifs is 2. The van der Waals surface area contributed by atoms with Gasteiger partial charge in [-0.3, -0.25) is 4.79 Å². The van der Waals surface area contributed by atoms with E-state index in [0.29, 0.717) is 17.4 Å². The molecule has 1 amide bonds. The maximum Gasteiger partial charge on any atom is 0.251 e.